The van der Waals surface area contributed by atoms with Crippen LogP contribution < -0.4 is 0 Å². The highest BCUT2D eigenvalue weighted by molar-refractivity contribution is 7.88. The molecule has 3 rings (SSSR count). The Morgan fingerprint density at radius 2 is 1.67 bits per heavy atom. The minimum absolute atomic E-state index is 0.194. The van der Waals surface area contributed by atoms with Gasteiger partial charge in [-0.15, -0.1) is 0 Å². The molecule has 0 aromatic heterocycles. The van der Waals surface area contributed by atoms with Crippen LogP contribution in [0.15, 0.2) is 0 Å². The quantitative estimate of drug-likeness (QED) is 0.770. The van der Waals surface area contributed by atoms with Crippen LogP contribution in [-0.2, 0) is 14.8 Å². The predicted octanol–water partition coefficient (Wildman–Crippen LogP) is 1.30. The van der Waals surface area contributed by atoms with Crippen molar-refractivity contribution in [3.05, 3.63) is 0 Å². The summed E-state index contributed by atoms with van der Waals surface area (Å²) in [5.74, 6) is 0. The Balaban J connectivity index is 1.69. The third-order valence-electron chi connectivity index (χ3n) is 5.82. The van der Waals surface area contributed by atoms with Crippen molar-refractivity contribution < 1.29 is 13.2 Å². The molecule has 0 N–H and O–H groups in total. The summed E-state index contributed by atoms with van der Waals surface area (Å²) in [4.78, 5) is 2.53. The van der Waals surface area contributed by atoms with E-state index in [9.17, 15) is 8.42 Å². The number of piperidine rings is 2. The Kier molecular flexibility index (Phi) is 3.88. The Labute approximate surface area is 128 Å². The van der Waals surface area contributed by atoms with Gasteiger partial charge in [0.1, 0.15) is 0 Å². The lowest BCUT2D eigenvalue weighted by atomic mass is 9.69. The van der Waals surface area contributed by atoms with Gasteiger partial charge in [-0.3, -0.25) is 4.90 Å². The van der Waals surface area contributed by atoms with Crippen LogP contribution in [0.3, 0.4) is 0 Å². The van der Waals surface area contributed by atoms with Crippen molar-refractivity contribution in [2.45, 2.75) is 51.1 Å². The highest BCUT2D eigenvalue weighted by atomic mass is 32.2. The van der Waals surface area contributed by atoms with Gasteiger partial charge in [0.05, 0.1) is 25.5 Å². The fourth-order valence-electron chi connectivity index (χ4n) is 4.07. The first-order valence-corrected chi connectivity index (χ1v) is 9.86. The van der Waals surface area contributed by atoms with Crippen LogP contribution in [0, 0.1) is 5.41 Å². The van der Waals surface area contributed by atoms with E-state index in [2.05, 4.69) is 18.7 Å². The first-order valence-electron chi connectivity index (χ1n) is 8.02. The molecule has 0 aromatic carbocycles. The molecule has 122 valence electrons. The second-order valence-electron chi connectivity index (χ2n) is 7.81. The highest BCUT2D eigenvalue weighted by Gasteiger charge is 2.48. The molecule has 0 saturated carbocycles. The van der Waals surface area contributed by atoms with Crippen LogP contribution in [0.2, 0.25) is 0 Å². The van der Waals surface area contributed by atoms with Gasteiger partial charge in [-0.05, 0) is 58.0 Å². The van der Waals surface area contributed by atoms with Gasteiger partial charge in [0.25, 0.3) is 0 Å². The summed E-state index contributed by atoms with van der Waals surface area (Å²) in [6.45, 7) is 8.74. The predicted molar refractivity (Wildman–Crippen MR) is 82.7 cm³/mol. The number of likely N-dealkylation sites (tertiary alicyclic amines) is 1. The molecule has 0 radical (unpaired) electrons. The molecule has 0 bridgehead atoms. The zero-order chi connectivity index (χ0) is 15.3. The van der Waals surface area contributed by atoms with Crippen LogP contribution >= 0.6 is 0 Å². The fourth-order valence-corrected chi connectivity index (χ4v) is 5.56. The van der Waals surface area contributed by atoms with Gasteiger partial charge in [0, 0.05) is 12.1 Å². The molecule has 21 heavy (non-hydrogen) atoms. The monoisotopic (exact) mass is 316 g/mol. The summed E-state index contributed by atoms with van der Waals surface area (Å²) in [6, 6.07) is 0.605. The van der Waals surface area contributed by atoms with Crippen molar-refractivity contribution in [3.8, 4) is 0 Å². The Morgan fingerprint density at radius 1 is 1.05 bits per heavy atom. The molecule has 3 fully saturated rings. The molecule has 0 amide bonds. The lowest BCUT2D eigenvalue weighted by molar-refractivity contribution is -0.0896. The summed E-state index contributed by atoms with van der Waals surface area (Å²) in [5.41, 5.74) is -0.0442. The topological polar surface area (TPSA) is 49.9 Å². The summed E-state index contributed by atoms with van der Waals surface area (Å²) in [6.07, 6.45) is 5.71. The molecule has 3 aliphatic rings. The summed E-state index contributed by atoms with van der Waals surface area (Å²) >= 11 is 0. The van der Waals surface area contributed by atoms with Crippen LogP contribution in [-0.4, -0.2) is 68.3 Å². The van der Waals surface area contributed by atoms with Gasteiger partial charge in [-0.25, -0.2) is 8.42 Å². The smallest absolute Gasteiger partial charge is 0.211 e. The van der Waals surface area contributed by atoms with E-state index in [0.29, 0.717) is 12.6 Å². The highest BCUT2D eigenvalue weighted by Crippen LogP contribution is 2.46. The molecule has 3 heterocycles. The Bertz CT molecular complexity index is 491. The van der Waals surface area contributed by atoms with Crippen LogP contribution in [0.1, 0.15) is 39.5 Å². The largest absolute Gasteiger partial charge is 0.378 e. The average molecular weight is 316 g/mol. The number of rotatable bonds is 2. The number of hydrogen-bond acceptors (Lipinski definition) is 4. The molecular weight excluding hydrogens is 288 g/mol. The van der Waals surface area contributed by atoms with Crippen molar-refractivity contribution in [2.75, 3.05) is 39.1 Å². The van der Waals surface area contributed by atoms with Crippen LogP contribution in [0.5, 0.6) is 0 Å². The molecule has 0 atom stereocenters. The summed E-state index contributed by atoms with van der Waals surface area (Å²) < 4.78 is 31.4. The van der Waals surface area contributed by atoms with E-state index in [4.69, 9.17) is 4.74 Å². The second-order valence-corrected chi connectivity index (χ2v) is 9.72. The summed E-state index contributed by atoms with van der Waals surface area (Å²) in [5, 5.41) is 0. The Hall–Kier alpha value is -0.170. The van der Waals surface area contributed by atoms with Gasteiger partial charge in [-0.2, -0.15) is 4.31 Å². The molecule has 3 aliphatic heterocycles. The minimum Gasteiger partial charge on any atom is -0.378 e. The maximum atomic E-state index is 12.2. The van der Waals surface area contributed by atoms with Crippen molar-refractivity contribution in [3.63, 3.8) is 0 Å². The normalized spacial score (nSPS) is 31.2. The van der Waals surface area contributed by atoms with E-state index in [-0.39, 0.29) is 11.0 Å². The first-order chi connectivity index (χ1) is 9.72. The SMILES string of the molecule is CC1(C)CCC2(CCN(C3COC3)CC2)CN1S(C)(=O)=O. The van der Waals surface area contributed by atoms with Crippen molar-refractivity contribution in [1.29, 1.82) is 0 Å². The Morgan fingerprint density at radius 3 is 2.14 bits per heavy atom. The van der Waals surface area contributed by atoms with E-state index in [1.807, 2.05) is 0 Å². The number of ether oxygens (including phenoxy) is 1. The van der Waals surface area contributed by atoms with Gasteiger partial charge in [0.2, 0.25) is 10.0 Å². The lowest BCUT2D eigenvalue weighted by Gasteiger charge is -2.54. The van der Waals surface area contributed by atoms with Gasteiger partial charge in [-0.1, -0.05) is 0 Å². The number of sulfonamides is 1. The third kappa shape index (κ3) is 3.00. The van der Waals surface area contributed by atoms with Gasteiger partial charge >= 0.3 is 0 Å². The number of hydrogen-bond donors (Lipinski definition) is 0. The average Bonchev–Trinajstić information content (AvgIpc) is 2.32. The molecule has 6 heteroatoms. The molecule has 0 aromatic rings. The first kappa shape index (κ1) is 15.7. The lowest BCUT2D eigenvalue weighted by Crippen LogP contribution is -2.60. The molecule has 0 unspecified atom stereocenters. The van der Waals surface area contributed by atoms with E-state index in [1.54, 1.807) is 4.31 Å². The van der Waals surface area contributed by atoms with Crippen molar-refractivity contribution in [2.24, 2.45) is 5.41 Å². The van der Waals surface area contributed by atoms with E-state index >= 15 is 0 Å². The standard InChI is InChI=1S/C15H28N2O3S/c1-14(2)4-5-15(12-17(14)21(3,18)19)6-8-16(9-7-15)13-10-20-11-13/h13H,4-12H2,1-3H3. The van der Waals surface area contributed by atoms with Gasteiger partial charge < -0.3 is 4.74 Å². The maximum absolute atomic E-state index is 12.2. The van der Waals surface area contributed by atoms with E-state index < -0.39 is 10.0 Å². The number of nitrogens with zero attached hydrogens (tertiary/aromatic N) is 2. The molecular formula is C15H28N2O3S. The molecule has 0 aliphatic carbocycles. The molecule has 3 saturated heterocycles. The van der Waals surface area contributed by atoms with Crippen LogP contribution in [0.25, 0.3) is 0 Å². The summed E-state index contributed by atoms with van der Waals surface area (Å²) in [7, 11) is -3.13. The van der Waals surface area contributed by atoms with E-state index in [0.717, 1.165) is 52.0 Å². The fraction of sp³-hybridized carbons (Fsp3) is 1.00. The maximum Gasteiger partial charge on any atom is 0.211 e. The minimum atomic E-state index is -3.13. The van der Waals surface area contributed by atoms with Crippen molar-refractivity contribution >= 4 is 10.0 Å². The third-order valence-corrected chi connectivity index (χ3v) is 7.24. The van der Waals surface area contributed by atoms with E-state index in [1.165, 1.54) is 6.26 Å². The molecule has 5 nitrogen and oxygen atoms in total. The molecule has 1 spiro atoms. The second kappa shape index (κ2) is 5.18. The van der Waals surface area contributed by atoms with Crippen LogP contribution in [0.4, 0.5) is 0 Å². The van der Waals surface area contributed by atoms with Gasteiger partial charge in [0.15, 0.2) is 0 Å². The van der Waals surface area contributed by atoms with Crippen molar-refractivity contribution in [1.82, 2.24) is 9.21 Å². The zero-order valence-corrected chi connectivity index (χ0v) is 14.3. The zero-order valence-electron chi connectivity index (χ0n) is 13.5.